The largest absolute Gasteiger partial charge is 0.463 e. The van der Waals surface area contributed by atoms with Crippen molar-refractivity contribution in [2.75, 3.05) is 6.61 Å². The van der Waals surface area contributed by atoms with Gasteiger partial charge in [-0.25, -0.2) is 9.79 Å². The number of hydrogen-bond acceptors (Lipinski definition) is 5. The quantitative estimate of drug-likeness (QED) is 0.206. The molecule has 206 valence electrons. The number of carbonyl (C=O) groups is 1. The minimum atomic E-state index is -0.651. The van der Waals surface area contributed by atoms with Crippen LogP contribution in [-0.2, 0) is 16.1 Å². The molecule has 0 bridgehead atoms. The highest BCUT2D eigenvalue weighted by Crippen LogP contribution is 2.31. The summed E-state index contributed by atoms with van der Waals surface area (Å²) in [6.07, 6.45) is 3.96. The van der Waals surface area contributed by atoms with Crippen LogP contribution in [0.15, 0.2) is 105 Å². The number of para-hydroxylation sites is 1. The molecular formula is C32H25BrClN3O3S. The number of ether oxygens (including phenoxy) is 1. The number of esters is 1. The number of aromatic nitrogens is 2. The summed E-state index contributed by atoms with van der Waals surface area (Å²) < 4.78 is 10.6. The van der Waals surface area contributed by atoms with E-state index in [1.54, 1.807) is 18.4 Å². The Morgan fingerprint density at radius 3 is 2.59 bits per heavy atom. The van der Waals surface area contributed by atoms with Gasteiger partial charge in [-0.1, -0.05) is 87.4 Å². The van der Waals surface area contributed by atoms with Gasteiger partial charge in [-0.05, 0) is 55.3 Å². The van der Waals surface area contributed by atoms with E-state index in [4.69, 9.17) is 21.3 Å². The number of rotatable bonds is 6. The monoisotopic (exact) mass is 645 g/mol. The third-order valence-corrected chi connectivity index (χ3v) is 8.99. The van der Waals surface area contributed by atoms with Crippen LogP contribution in [0.4, 0.5) is 0 Å². The first-order valence-corrected chi connectivity index (χ1v) is 15.1. The fourth-order valence-electron chi connectivity index (χ4n) is 5.22. The van der Waals surface area contributed by atoms with Crippen molar-refractivity contribution in [3.05, 3.63) is 136 Å². The van der Waals surface area contributed by atoms with Gasteiger partial charge < -0.3 is 9.30 Å². The summed E-state index contributed by atoms with van der Waals surface area (Å²) in [6.45, 7) is 4.38. The van der Waals surface area contributed by atoms with Crippen LogP contribution >= 0.6 is 38.9 Å². The van der Waals surface area contributed by atoms with E-state index in [0.29, 0.717) is 32.2 Å². The van der Waals surface area contributed by atoms with Crippen molar-refractivity contribution in [2.45, 2.75) is 26.4 Å². The Morgan fingerprint density at radius 1 is 1.10 bits per heavy atom. The first-order valence-electron chi connectivity index (χ1n) is 13.1. The van der Waals surface area contributed by atoms with Crippen molar-refractivity contribution in [1.29, 1.82) is 0 Å². The first kappa shape index (κ1) is 27.4. The summed E-state index contributed by atoms with van der Waals surface area (Å²) in [6, 6.07) is 22.9. The smallest absolute Gasteiger partial charge is 0.338 e. The molecule has 0 saturated carbocycles. The zero-order valence-electron chi connectivity index (χ0n) is 22.3. The van der Waals surface area contributed by atoms with Crippen LogP contribution in [0.25, 0.3) is 17.0 Å². The molecule has 9 heteroatoms. The SMILES string of the molecule is CCOC(=O)C1=C(C)N=c2s/c(=C/c3cn(Cc4ccccc4Cl)c4ccccc34)c(=O)n2C1c1ccc(Br)cc1. The van der Waals surface area contributed by atoms with Gasteiger partial charge >= 0.3 is 5.97 Å². The van der Waals surface area contributed by atoms with Crippen molar-refractivity contribution in [3.63, 3.8) is 0 Å². The lowest BCUT2D eigenvalue weighted by atomic mass is 9.96. The Hall–Kier alpha value is -3.72. The van der Waals surface area contributed by atoms with Crippen LogP contribution < -0.4 is 14.9 Å². The van der Waals surface area contributed by atoms with E-state index in [-0.39, 0.29) is 12.2 Å². The number of hydrogen-bond donors (Lipinski definition) is 0. The summed E-state index contributed by atoms with van der Waals surface area (Å²) in [5, 5.41) is 1.74. The van der Waals surface area contributed by atoms with Gasteiger partial charge in [-0.15, -0.1) is 0 Å². The van der Waals surface area contributed by atoms with Gasteiger partial charge in [-0.2, -0.15) is 0 Å². The van der Waals surface area contributed by atoms with Crippen LogP contribution in [0.3, 0.4) is 0 Å². The third-order valence-electron chi connectivity index (χ3n) is 7.11. The van der Waals surface area contributed by atoms with Gasteiger partial charge in [0.05, 0.1) is 28.5 Å². The summed E-state index contributed by atoms with van der Waals surface area (Å²) in [4.78, 5) is 32.4. The van der Waals surface area contributed by atoms with Crippen molar-refractivity contribution in [1.82, 2.24) is 9.13 Å². The molecule has 1 atom stereocenters. The summed E-state index contributed by atoms with van der Waals surface area (Å²) in [5.41, 5.74) is 4.47. The maximum atomic E-state index is 14.1. The molecule has 0 spiro atoms. The number of nitrogens with zero attached hydrogens (tertiary/aromatic N) is 3. The average Bonchev–Trinajstić information content (AvgIpc) is 3.46. The molecule has 1 aliphatic heterocycles. The molecule has 0 fully saturated rings. The van der Waals surface area contributed by atoms with Gasteiger partial charge in [0.2, 0.25) is 0 Å². The molecule has 1 aliphatic rings. The van der Waals surface area contributed by atoms with Crippen molar-refractivity contribution >= 4 is 61.8 Å². The minimum Gasteiger partial charge on any atom is -0.463 e. The van der Waals surface area contributed by atoms with Gasteiger partial charge in [0.25, 0.3) is 5.56 Å². The Morgan fingerprint density at radius 2 is 1.83 bits per heavy atom. The molecule has 3 aromatic carbocycles. The number of fused-ring (bicyclic) bond motifs is 2. The number of carbonyl (C=O) groups excluding carboxylic acids is 1. The second kappa shape index (κ2) is 11.3. The number of thiazole rings is 1. The van der Waals surface area contributed by atoms with Gasteiger partial charge in [0.1, 0.15) is 0 Å². The molecule has 0 saturated heterocycles. The Kier molecular flexibility index (Phi) is 7.55. The molecule has 0 aliphatic carbocycles. The highest BCUT2D eigenvalue weighted by atomic mass is 79.9. The van der Waals surface area contributed by atoms with Crippen LogP contribution in [0.1, 0.15) is 36.6 Å². The van der Waals surface area contributed by atoms with Crippen LogP contribution in [0.5, 0.6) is 0 Å². The van der Waals surface area contributed by atoms with E-state index in [0.717, 1.165) is 32.1 Å². The standard InChI is InChI=1S/C32H25BrClN3O3S/c1-3-40-31(39)28-19(2)35-32-37(29(28)20-12-14-23(33)15-13-20)30(38)27(41-32)16-22-18-36(26-11-7-5-9-24(22)26)17-21-8-4-6-10-25(21)34/h4-16,18,29H,3,17H2,1-2H3/b27-16+. The maximum Gasteiger partial charge on any atom is 0.338 e. The highest BCUT2D eigenvalue weighted by molar-refractivity contribution is 9.10. The number of allylic oxidation sites excluding steroid dienone is 1. The second-order valence-corrected chi connectivity index (χ2v) is 12.0. The van der Waals surface area contributed by atoms with Gasteiger partial charge in [-0.3, -0.25) is 9.36 Å². The van der Waals surface area contributed by atoms with Crippen molar-refractivity contribution in [3.8, 4) is 0 Å². The molecule has 41 heavy (non-hydrogen) atoms. The normalized spacial score (nSPS) is 15.2. The fourth-order valence-corrected chi connectivity index (χ4v) is 6.72. The van der Waals surface area contributed by atoms with E-state index in [1.807, 2.05) is 72.9 Å². The van der Waals surface area contributed by atoms with Crippen molar-refractivity contribution in [2.24, 2.45) is 4.99 Å². The molecular weight excluding hydrogens is 622 g/mol. The van der Waals surface area contributed by atoms with E-state index in [2.05, 4.69) is 32.6 Å². The van der Waals surface area contributed by atoms with E-state index < -0.39 is 12.0 Å². The highest BCUT2D eigenvalue weighted by Gasteiger charge is 2.33. The summed E-state index contributed by atoms with van der Waals surface area (Å²) in [5.74, 6) is -0.474. The lowest BCUT2D eigenvalue weighted by Crippen LogP contribution is -2.39. The van der Waals surface area contributed by atoms with Gasteiger partial charge in [0.15, 0.2) is 4.80 Å². The Bertz CT molecular complexity index is 2020. The molecule has 6 rings (SSSR count). The third kappa shape index (κ3) is 5.12. The van der Waals surface area contributed by atoms with Crippen LogP contribution in [-0.4, -0.2) is 21.7 Å². The van der Waals surface area contributed by atoms with Crippen molar-refractivity contribution < 1.29 is 9.53 Å². The molecule has 0 amide bonds. The van der Waals surface area contributed by atoms with Crippen LogP contribution in [0, 0.1) is 0 Å². The maximum absolute atomic E-state index is 14.1. The Labute approximate surface area is 253 Å². The van der Waals surface area contributed by atoms with Gasteiger partial charge in [0, 0.05) is 38.7 Å². The molecule has 3 heterocycles. The first-order chi connectivity index (χ1) is 19.9. The predicted octanol–water partition coefficient (Wildman–Crippen LogP) is 6.22. The van der Waals surface area contributed by atoms with E-state index in [9.17, 15) is 9.59 Å². The second-order valence-electron chi connectivity index (χ2n) is 9.67. The summed E-state index contributed by atoms with van der Waals surface area (Å²) in [7, 11) is 0. The zero-order chi connectivity index (χ0) is 28.7. The zero-order valence-corrected chi connectivity index (χ0v) is 25.5. The summed E-state index contributed by atoms with van der Waals surface area (Å²) >= 11 is 11.3. The van der Waals surface area contributed by atoms with E-state index >= 15 is 0 Å². The van der Waals surface area contributed by atoms with Crippen LogP contribution in [0.2, 0.25) is 5.02 Å². The predicted molar refractivity (Wildman–Crippen MR) is 167 cm³/mol. The topological polar surface area (TPSA) is 65.6 Å². The molecule has 0 N–H and O–H groups in total. The van der Waals surface area contributed by atoms with E-state index in [1.165, 1.54) is 11.3 Å². The number of halogens is 2. The molecule has 0 radical (unpaired) electrons. The average molecular weight is 647 g/mol. The molecule has 2 aromatic heterocycles. The Balaban J connectivity index is 1.52. The lowest BCUT2D eigenvalue weighted by Gasteiger charge is -2.24. The molecule has 6 nitrogen and oxygen atoms in total. The fraction of sp³-hybridized carbons (Fsp3) is 0.156. The minimum absolute atomic E-state index is 0.209. The molecule has 1 unspecified atom stereocenters. The lowest BCUT2D eigenvalue weighted by molar-refractivity contribution is -0.139. The molecule has 5 aromatic rings. The number of benzene rings is 3.